The van der Waals surface area contributed by atoms with Crippen LogP contribution in [0.5, 0.6) is 0 Å². The summed E-state index contributed by atoms with van der Waals surface area (Å²) in [6.07, 6.45) is 0. The number of para-hydroxylation sites is 3. The van der Waals surface area contributed by atoms with E-state index in [4.69, 9.17) is 0 Å². The Morgan fingerprint density at radius 2 is 0.860 bits per heavy atom. The Bertz CT molecular complexity index is 2640. The first kappa shape index (κ1) is 28.1. The Morgan fingerprint density at radius 1 is 0.380 bits per heavy atom. The number of hydrogen-bond donors (Lipinski definition) is 0. The molecule has 11 rings (SSSR count). The first-order chi connectivity index (χ1) is 24.8. The SMILES string of the molecule is C[CH2][Ge]12[c]3c4cccc3N(c3ccccc3)c3cc5c(ccc6ccccc65)c([c]31)N(c1ccccc1)c1cccc([c]12)N4c1ccccc1. The van der Waals surface area contributed by atoms with Crippen LogP contribution >= 0.6 is 0 Å². The Balaban J connectivity index is 1.40. The van der Waals surface area contributed by atoms with Crippen molar-refractivity contribution < 1.29 is 0 Å². The molecular formula is C46H33GeN3. The summed E-state index contributed by atoms with van der Waals surface area (Å²) in [7, 11) is 0. The molecule has 3 heterocycles. The molecule has 50 heavy (non-hydrogen) atoms. The summed E-state index contributed by atoms with van der Waals surface area (Å²) in [5, 5.41) is 6.29. The molecule has 0 fully saturated rings. The predicted octanol–water partition coefficient (Wildman–Crippen LogP) is 10.8. The molecule has 1 atom stereocenters. The van der Waals surface area contributed by atoms with Gasteiger partial charge in [0.1, 0.15) is 0 Å². The van der Waals surface area contributed by atoms with Gasteiger partial charge in [-0.1, -0.05) is 0 Å². The summed E-state index contributed by atoms with van der Waals surface area (Å²) in [6, 6.07) is 63.4. The van der Waals surface area contributed by atoms with Crippen LogP contribution in [-0.4, -0.2) is 13.3 Å². The van der Waals surface area contributed by atoms with Gasteiger partial charge < -0.3 is 0 Å². The number of hydrogen-bond acceptors (Lipinski definition) is 3. The third-order valence-corrected chi connectivity index (χ3v) is 22.1. The molecule has 0 N–H and O–H groups in total. The van der Waals surface area contributed by atoms with Crippen molar-refractivity contribution in [1.82, 2.24) is 0 Å². The van der Waals surface area contributed by atoms with Crippen LogP contribution in [0.1, 0.15) is 6.92 Å². The van der Waals surface area contributed by atoms with E-state index in [1.807, 2.05) is 0 Å². The number of anilines is 9. The number of fused-ring (bicyclic) bond motifs is 4. The molecule has 0 bridgehead atoms. The summed E-state index contributed by atoms with van der Waals surface area (Å²) in [6.45, 7) is 2.48. The van der Waals surface area contributed by atoms with Crippen LogP contribution in [0.2, 0.25) is 5.25 Å². The van der Waals surface area contributed by atoms with Crippen molar-refractivity contribution in [3.8, 4) is 0 Å². The normalized spacial score (nSPS) is 16.5. The minimum absolute atomic E-state index is 1.11. The molecule has 3 nitrogen and oxygen atoms in total. The van der Waals surface area contributed by atoms with E-state index in [-0.39, 0.29) is 0 Å². The average Bonchev–Trinajstić information content (AvgIpc) is 3.19. The van der Waals surface area contributed by atoms with Gasteiger partial charge in [-0.25, -0.2) is 0 Å². The van der Waals surface area contributed by atoms with E-state index in [2.05, 4.69) is 191 Å². The molecule has 0 saturated carbocycles. The number of rotatable bonds is 4. The molecule has 236 valence electrons. The molecule has 4 heteroatoms. The Morgan fingerprint density at radius 3 is 1.42 bits per heavy atom. The van der Waals surface area contributed by atoms with Gasteiger partial charge in [0.25, 0.3) is 0 Å². The second-order valence-electron chi connectivity index (χ2n) is 13.6. The Hall–Kier alpha value is -5.78. The summed E-state index contributed by atoms with van der Waals surface area (Å²) >= 11 is -3.46. The van der Waals surface area contributed by atoms with E-state index in [1.54, 1.807) is 13.2 Å². The quantitative estimate of drug-likeness (QED) is 0.134. The van der Waals surface area contributed by atoms with E-state index in [1.165, 1.54) is 72.7 Å². The van der Waals surface area contributed by atoms with Gasteiger partial charge in [0.15, 0.2) is 0 Å². The summed E-state index contributed by atoms with van der Waals surface area (Å²) in [5.74, 6) is 0. The van der Waals surface area contributed by atoms with Crippen LogP contribution in [0.3, 0.4) is 0 Å². The van der Waals surface area contributed by atoms with Crippen LogP contribution in [0.25, 0.3) is 21.5 Å². The van der Waals surface area contributed by atoms with Gasteiger partial charge in [-0.2, -0.15) is 0 Å². The van der Waals surface area contributed by atoms with E-state index in [0.717, 1.165) is 5.25 Å². The van der Waals surface area contributed by atoms with Gasteiger partial charge in [-0.15, -0.1) is 0 Å². The molecular weight excluding hydrogens is 667 g/mol. The summed E-state index contributed by atoms with van der Waals surface area (Å²) < 4.78 is 4.68. The Kier molecular flexibility index (Phi) is 5.83. The zero-order valence-electron chi connectivity index (χ0n) is 27.7. The third kappa shape index (κ3) is 3.50. The van der Waals surface area contributed by atoms with E-state index < -0.39 is 13.3 Å². The molecule has 0 aromatic heterocycles. The van der Waals surface area contributed by atoms with Crippen LogP contribution in [0.15, 0.2) is 170 Å². The fourth-order valence-corrected chi connectivity index (χ4v) is 21.2. The molecule has 0 radical (unpaired) electrons. The maximum absolute atomic E-state index is 3.46. The van der Waals surface area contributed by atoms with Crippen molar-refractivity contribution in [2.45, 2.75) is 12.2 Å². The topological polar surface area (TPSA) is 9.72 Å². The van der Waals surface area contributed by atoms with E-state index in [0.29, 0.717) is 0 Å². The molecule has 0 spiro atoms. The molecule has 0 amide bonds. The molecule has 1 unspecified atom stereocenters. The number of nitrogens with zero attached hydrogens (tertiary/aromatic N) is 3. The van der Waals surface area contributed by atoms with E-state index >= 15 is 0 Å². The van der Waals surface area contributed by atoms with Gasteiger partial charge in [0.2, 0.25) is 0 Å². The van der Waals surface area contributed by atoms with Crippen molar-refractivity contribution in [2.75, 3.05) is 14.7 Å². The van der Waals surface area contributed by atoms with Crippen molar-refractivity contribution in [3.63, 3.8) is 0 Å². The molecule has 0 aliphatic carbocycles. The maximum atomic E-state index is 2.61. The summed E-state index contributed by atoms with van der Waals surface area (Å²) in [5.41, 5.74) is 11.6. The van der Waals surface area contributed by atoms with Crippen LogP contribution in [-0.2, 0) is 0 Å². The first-order valence-electron chi connectivity index (χ1n) is 17.6. The molecule has 3 aliphatic heterocycles. The zero-order valence-corrected chi connectivity index (χ0v) is 29.8. The van der Waals surface area contributed by atoms with Gasteiger partial charge in [0, 0.05) is 0 Å². The van der Waals surface area contributed by atoms with Gasteiger partial charge in [0.05, 0.1) is 0 Å². The predicted molar refractivity (Wildman–Crippen MR) is 214 cm³/mol. The summed E-state index contributed by atoms with van der Waals surface area (Å²) in [4.78, 5) is 7.75. The fourth-order valence-electron chi connectivity index (χ4n) is 9.47. The van der Waals surface area contributed by atoms with E-state index in [9.17, 15) is 0 Å². The second-order valence-corrected chi connectivity index (χ2v) is 22.0. The van der Waals surface area contributed by atoms with Crippen molar-refractivity contribution in [3.05, 3.63) is 170 Å². The monoisotopic (exact) mass is 701 g/mol. The molecule has 8 aromatic rings. The van der Waals surface area contributed by atoms with Crippen molar-refractivity contribution >= 4 is 99.2 Å². The van der Waals surface area contributed by atoms with Crippen LogP contribution < -0.4 is 27.9 Å². The number of benzene rings is 8. The van der Waals surface area contributed by atoms with Crippen molar-refractivity contribution in [1.29, 1.82) is 0 Å². The van der Waals surface area contributed by atoms with Gasteiger partial charge in [-0.3, -0.25) is 0 Å². The minimum atomic E-state index is -3.46. The van der Waals surface area contributed by atoms with Gasteiger partial charge >= 0.3 is 296 Å². The first-order valence-corrected chi connectivity index (χ1v) is 22.2. The second kappa shape index (κ2) is 10.4. The standard InChI is InChI=1S/C46H33GeN3/c1-2-47-43-38-24-14-26-40(43)49(33-19-8-4-9-20-33)42-30-37-35-23-13-12-16-31(35)28-29-36(37)46(45(42)47)50(34-21-10-5-11-22-34)41-27-15-25-39(44(41)47)48(38)32-17-6-3-7-18-32/h3-30H,2H2,1H3. The van der Waals surface area contributed by atoms with Gasteiger partial charge in [-0.05, 0) is 0 Å². The third-order valence-electron chi connectivity index (χ3n) is 11.3. The molecule has 8 aromatic carbocycles. The van der Waals surface area contributed by atoms with Crippen LogP contribution in [0, 0.1) is 0 Å². The van der Waals surface area contributed by atoms with Crippen LogP contribution in [0.4, 0.5) is 51.2 Å². The van der Waals surface area contributed by atoms with Crippen molar-refractivity contribution in [2.24, 2.45) is 0 Å². The Labute approximate surface area is 294 Å². The molecule has 3 aliphatic rings. The average molecular weight is 700 g/mol. The zero-order chi connectivity index (χ0) is 33.0. The fraction of sp³-hybridized carbons (Fsp3) is 0.0435. The molecule has 0 saturated heterocycles.